The topological polar surface area (TPSA) is 38.9 Å². The highest BCUT2D eigenvalue weighted by molar-refractivity contribution is 7.18. The lowest BCUT2D eigenvalue weighted by molar-refractivity contribution is 0.376. The summed E-state index contributed by atoms with van der Waals surface area (Å²) < 4.78 is 1.26. The highest BCUT2D eigenvalue weighted by Crippen LogP contribution is 2.27. The Hall–Kier alpha value is -0.930. The average molecular weight is 220 g/mol. The molecule has 2 nitrogen and oxygen atoms in total. The maximum absolute atomic E-state index is 5.73. The summed E-state index contributed by atoms with van der Waals surface area (Å²) in [6, 6.07) is 8.26. The smallest absolute Gasteiger partial charge is 0.0944 e. The highest BCUT2D eigenvalue weighted by atomic mass is 32.1. The first kappa shape index (κ1) is 10.6. The molecular weight excluding hydrogens is 204 g/mol. The molecular formula is C12H16N2S. The molecule has 0 saturated heterocycles. The fraction of sp³-hybridized carbons (Fsp3) is 0.417. The van der Waals surface area contributed by atoms with E-state index in [1.807, 2.05) is 6.07 Å². The number of fused-ring (bicyclic) bond motifs is 1. The summed E-state index contributed by atoms with van der Waals surface area (Å²) in [7, 11) is 0. The van der Waals surface area contributed by atoms with Crippen molar-refractivity contribution in [2.75, 3.05) is 6.54 Å². The van der Waals surface area contributed by atoms with E-state index in [1.54, 1.807) is 11.3 Å². The molecule has 0 spiro atoms. The second kappa shape index (κ2) is 3.91. The minimum Gasteiger partial charge on any atom is -0.330 e. The maximum atomic E-state index is 5.73. The third-order valence-electron chi connectivity index (χ3n) is 2.52. The SMILES string of the molecule is CC(C)(CN)Cc1nc2ccccc2s1. The molecule has 2 rings (SSSR count). The Morgan fingerprint density at radius 1 is 1.33 bits per heavy atom. The van der Waals surface area contributed by atoms with Gasteiger partial charge in [0, 0.05) is 6.42 Å². The lowest BCUT2D eigenvalue weighted by Crippen LogP contribution is -2.25. The van der Waals surface area contributed by atoms with Gasteiger partial charge in [0.2, 0.25) is 0 Å². The third-order valence-corrected chi connectivity index (χ3v) is 3.56. The summed E-state index contributed by atoms with van der Waals surface area (Å²) in [5.41, 5.74) is 6.97. The van der Waals surface area contributed by atoms with Crippen LogP contribution in [0.5, 0.6) is 0 Å². The summed E-state index contributed by atoms with van der Waals surface area (Å²) in [4.78, 5) is 4.61. The van der Waals surface area contributed by atoms with Gasteiger partial charge in [-0.2, -0.15) is 0 Å². The number of aromatic nitrogens is 1. The Labute approximate surface area is 94.1 Å². The molecule has 0 aliphatic rings. The van der Waals surface area contributed by atoms with Gasteiger partial charge in [-0.05, 0) is 24.1 Å². The first-order valence-corrected chi connectivity index (χ1v) is 5.97. The Morgan fingerprint density at radius 2 is 2.07 bits per heavy atom. The number of nitrogens with zero attached hydrogens (tertiary/aromatic N) is 1. The van der Waals surface area contributed by atoms with Crippen LogP contribution in [0.15, 0.2) is 24.3 Å². The van der Waals surface area contributed by atoms with Crippen molar-refractivity contribution in [1.82, 2.24) is 4.98 Å². The molecule has 0 atom stereocenters. The number of hydrogen-bond donors (Lipinski definition) is 1. The second-order valence-corrected chi connectivity index (χ2v) is 5.74. The molecule has 1 aromatic heterocycles. The molecule has 0 unspecified atom stereocenters. The van der Waals surface area contributed by atoms with Gasteiger partial charge in [-0.25, -0.2) is 4.98 Å². The number of para-hydroxylation sites is 1. The summed E-state index contributed by atoms with van der Waals surface area (Å²) in [5.74, 6) is 0. The average Bonchev–Trinajstić information content (AvgIpc) is 2.58. The standard InChI is InChI=1S/C12H16N2S/c1-12(2,8-13)7-11-14-9-5-3-4-6-10(9)15-11/h3-6H,7-8,13H2,1-2H3. The largest absolute Gasteiger partial charge is 0.330 e. The Morgan fingerprint density at radius 3 is 2.73 bits per heavy atom. The van der Waals surface area contributed by atoms with Crippen molar-refractivity contribution in [3.8, 4) is 0 Å². The second-order valence-electron chi connectivity index (χ2n) is 4.62. The molecule has 0 radical (unpaired) electrons. The number of nitrogens with two attached hydrogens (primary N) is 1. The van der Waals surface area contributed by atoms with E-state index in [0.717, 1.165) is 11.9 Å². The molecule has 2 N–H and O–H groups in total. The van der Waals surface area contributed by atoms with Gasteiger partial charge in [0.25, 0.3) is 0 Å². The highest BCUT2D eigenvalue weighted by Gasteiger charge is 2.18. The van der Waals surface area contributed by atoms with Crippen molar-refractivity contribution >= 4 is 21.6 Å². The van der Waals surface area contributed by atoms with Crippen LogP contribution in [0.4, 0.5) is 0 Å². The van der Waals surface area contributed by atoms with E-state index in [4.69, 9.17) is 5.73 Å². The first-order valence-electron chi connectivity index (χ1n) is 5.15. The predicted molar refractivity (Wildman–Crippen MR) is 66.2 cm³/mol. The molecule has 0 fully saturated rings. The number of thiazole rings is 1. The van der Waals surface area contributed by atoms with Crippen LogP contribution in [0.3, 0.4) is 0 Å². The molecule has 0 bridgehead atoms. The Balaban J connectivity index is 2.30. The van der Waals surface area contributed by atoms with E-state index in [1.165, 1.54) is 9.71 Å². The van der Waals surface area contributed by atoms with E-state index in [9.17, 15) is 0 Å². The van der Waals surface area contributed by atoms with Gasteiger partial charge in [-0.1, -0.05) is 26.0 Å². The van der Waals surface area contributed by atoms with Crippen molar-refractivity contribution in [2.45, 2.75) is 20.3 Å². The number of benzene rings is 1. The molecule has 3 heteroatoms. The minimum absolute atomic E-state index is 0.147. The van der Waals surface area contributed by atoms with Gasteiger partial charge in [0.1, 0.15) is 0 Å². The summed E-state index contributed by atoms with van der Waals surface area (Å²) in [6.07, 6.45) is 0.961. The minimum atomic E-state index is 0.147. The van der Waals surface area contributed by atoms with E-state index in [2.05, 4.69) is 37.0 Å². The Bertz CT molecular complexity index is 426. The van der Waals surface area contributed by atoms with Crippen LogP contribution in [0.1, 0.15) is 18.9 Å². The van der Waals surface area contributed by atoms with Crippen molar-refractivity contribution in [3.05, 3.63) is 29.3 Å². The predicted octanol–water partition coefficient (Wildman–Crippen LogP) is 2.82. The lowest BCUT2D eigenvalue weighted by Gasteiger charge is -2.20. The zero-order chi connectivity index (χ0) is 10.9. The first-order chi connectivity index (χ1) is 7.11. The van der Waals surface area contributed by atoms with Crippen LogP contribution in [0.2, 0.25) is 0 Å². The van der Waals surface area contributed by atoms with E-state index in [-0.39, 0.29) is 5.41 Å². The van der Waals surface area contributed by atoms with Crippen LogP contribution >= 0.6 is 11.3 Å². The molecule has 0 aliphatic carbocycles. The lowest BCUT2D eigenvalue weighted by atomic mass is 9.90. The van der Waals surface area contributed by atoms with Gasteiger partial charge in [0.15, 0.2) is 0 Å². The van der Waals surface area contributed by atoms with Crippen molar-refractivity contribution < 1.29 is 0 Å². The summed E-state index contributed by atoms with van der Waals surface area (Å²) in [6.45, 7) is 5.06. The molecule has 0 saturated carbocycles. The molecule has 15 heavy (non-hydrogen) atoms. The van der Waals surface area contributed by atoms with Gasteiger partial charge in [-0.3, -0.25) is 0 Å². The van der Waals surface area contributed by atoms with E-state index < -0.39 is 0 Å². The monoisotopic (exact) mass is 220 g/mol. The number of rotatable bonds is 3. The van der Waals surface area contributed by atoms with Gasteiger partial charge in [0.05, 0.1) is 15.2 Å². The summed E-state index contributed by atoms with van der Waals surface area (Å²) in [5, 5.41) is 1.19. The van der Waals surface area contributed by atoms with Gasteiger partial charge >= 0.3 is 0 Å². The Kier molecular flexibility index (Phi) is 2.76. The van der Waals surface area contributed by atoms with Crippen LogP contribution in [-0.4, -0.2) is 11.5 Å². The third kappa shape index (κ3) is 2.36. The van der Waals surface area contributed by atoms with Gasteiger partial charge < -0.3 is 5.73 Å². The van der Waals surface area contributed by atoms with Crippen molar-refractivity contribution in [1.29, 1.82) is 0 Å². The van der Waals surface area contributed by atoms with Crippen LogP contribution in [-0.2, 0) is 6.42 Å². The molecule has 80 valence electrons. The fourth-order valence-corrected chi connectivity index (χ4v) is 2.70. The molecule has 1 heterocycles. The zero-order valence-corrected chi connectivity index (χ0v) is 9.97. The molecule has 0 aliphatic heterocycles. The van der Waals surface area contributed by atoms with Gasteiger partial charge in [-0.15, -0.1) is 11.3 Å². The van der Waals surface area contributed by atoms with Crippen LogP contribution in [0, 0.1) is 5.41 Å². The van der Waals surface area contributed by atoms with Crippen molar-refractivity contribution in [2.24, 2.45) is 11.1 Å². The quantitative estimate of drug-likeness (QED) is 0.864. The molecule has 2 aromatic rings. The number of hydrogen-bond acceptors (Lipinski definition) is 3. The summed E-state index contributed by atoms with van der Waals surface area (Å²) >= 11 is 1.77. The van der Waals surface area contributed by atoms with E-state index >= 15 is 0 Å². The van der Waals surface area contributed by atoms with Crippen LogP contribution in [0.25, 0.3) is 10.2 Å². The fourth-order valence-electron chi connectivity index (χ4n) is 1.48. The maximum Gasteiger partial charge on any atom is 0.0944 e. The van der Waals surface area contributed by atoms with Crippen LogP contribution < -0.4 is 5.73 Å². The molecule has 1 aromatic carbocycles. The normalized spacial score (nSPS) is 12.2. The van der Waals surface area contributed by atoms with Crippen molar-refractivity contribution in [3.63, 3.8) is 0 Å². The zero-order valence-electron chi connectivity index (χ0n) is 9.16. The van der Waals surface area contributed by atoms with E-state index in [0.29, 0.717) is 6.54 Å². The molecule has 0 amide bonds.